The van der Waals surface area contributed by atoms with E-state index < -0.39 is 17.5 Å². The molecule has 0 rings (SSSR count). The second kappa shape index (κ2) is 8.69. The summed E-state index contributed by atoms with van der Waals surface area (Å²) >= 11 is 0. The van der Waals surface area contributed by atoms with Crippen LogP contribution >= 0.6 is 0 Å². The first-order valence-electron chi connectivity index (χ1n) is 6.75. The van der Waals surface area contributed by atoms with Gasteiger partial charge in [0, 0.05) is 6.42 Å². The fraction of sp³-hybridized carbons (Fsp3) is 0.714. The van der Waals surface area contributed by atoms with Gasteiger partial charge in [-0.05, 0) is 26.9 Å². The number of ether oxygens (including phenoxy) is 2. The van der Waals surface area contributed by atoms with Crippen LogP contribution in [0.15, 0.2) is 12.7 Å². The Bertz CT molecular complexity index is 293. The van der Waals surface area contributed by atoms with E-state index in [2.05, 4.69) is 6.58 Å². The highest BCUT2D eigenvalue weighted by molar-refractivity contribution is 6.05. The summed E-state index contributed by atoms with van der Waals surface area (Å²) in [6, 6.07) is 0. The van der Waals surface area contributed by atoms with Gasteiger partial charge in [0.25, 0.3) is 0 Å². The minimum absolute atomic E-state index is 0.173. The predicted molar refractivity (Wildman–Crippen MR) is 73.7 cm³/mol. The van der Waals surface area contributed by atoms with Gasteiger partial charge in [-0.15, -0.1) is 6.58 Å². The fourth-order valence-electron chi connectivity index (χ4n) is 2.11. The molecule has 19 heavy (non-hydrogen) atoms. The summed E-state index contributed by atoms with van der Waals surface area (Å²) in [5.41, 5.74) is -1.42. The molecule has 0 bridgehead atoms. The van der Waals surface area contributed by atoms with E-state index in [0.717, 1.165) is 0 Å². The van der Waals surface area contributed by atoms with Crippen LogP contribution in [0, 0.1) is 0 Å². The van der Waals surface area contributed by atoms with Crippen molar-refractivity contribution in [3.05, 3.63) is 12.7 Å². The third kappa shape index (κ3) is 3.80. The van der Waals surface area contributed by atoms with Crippen molar-refractivity contribution in [2.45, 2.75) is 39.7 Å². The summed E-state index contributed by atoms with van der Waals surface area (Å²) in [5, 5.41) is 0. The number of hydrogen-bond donors (Lipinski definition) is 0. The van der Waals surface area contributed by atoms with E-state index in [0.29, 0.717) is 13.1 Å². The van der Waals surface area contributed by atoms with Crippen LogP contribution in [0.25, 0.3) is 0 Å². The van der Waals surface area contributed by atoms with Crippen molar-refractivity contribution in [1.29, 1.82) is 0 Å². The Morgan fingerprint density at radius 1 is 1.05 bits per heavy atom. The molecule has 5 nitrogen and oxygen atoms in total. The summed E-state index contributed by atoms with van der Waals surface area (Å²) in [4.78, 5) is 26.4. The molecule has 0 aromatic rings. The smallest absolute Gasteiger partial charge is 0.338 e. The average molecular weight is 271 g/mol. The van der Waals surface area contributed by atoms with Crippen molar-refractivity contribution in [3.8, 4) is 0 Å². The van der Waals surface area contributed by atoms with Crippen LogP contribution < -0.4 is 0 Å². The Labute approximate surface area is 115 Å². The summed E-state index contributed by atoms with van der Waals surface area (Å²) in [7, 11) is 0. The highest BCUT2D eigenvalue weighted by Crippen LogP contribution is 2.25. The molecule has 0 fully saturated rings. The van der Waals surface area contributed by atoms with Gasteiger partial charge in [0.05, 0.1) is 13.2 Å². The molecule has 0 N–H and O–H groups in total. The highest BCUT2D eigenvalue weighted by Gasteiger charge is 2.51. The highest BCUT2D eigenvalue weighted by atomic mass is 16.6. The Hall–Kier alpha value is -1.36. The number of carbonyl (C=O) groups excluding carboxylic acids is 2. The number of hydrogen-bond acceptors (Lipinski definition) is 5. The lowest BCUT2D eigenvalue weighted by molar-refractivity contribution is -0.175. The SMILES string of the molecule is C=CCC(C(=O)OCC)(C(=O)OCC)N(CC)CC. The van der Waals surface area contributed by atoms with Gasteiger partial charge in [0.1, 0.15) is 0 Å². The summed E-state index contributed by atoms with van der Waals surface area (Å²) in [6.07, 6.45) is 1.72. The monoisotopic (exact) mass is 271 g/mol. The third-order valence-electron chi connectivity index (χ3n) is 2.97. The van der Waals surface area contributed by atoms with Crippen LogP contribution in [0.2, 0.25) is 0 Å². The first-order chi connectivity index (χ1) is 9.04. The molecule has 0 saturated carbocycles. The molecule has 0 atom stereocenters. The number of likely N-dealkylation sites (N-methyl/N-ethyl adjacent to an activating group) is 1. The molecule has 0 aliphatic carbocycles. The van der Waals surface area contributed by atoms with Crippen molar-refractivity contribution < 1.29 is 19.1 Å². The van der Waals surface area contributed by atoms with Gasteiger partial charge >= 0.3 is 11.9 Å². The summed E-state index contributed by atoms with van der Waals surface area (Å²) < 4.78 is 10.2. The Morgan fingerprint density at radius 3 is 1.74 bits per heavy atom. The molecule has 0 unspecified atom stereocenters. The lowest BCUT2D eigenvalue weighted by Crippen LogP contribution is -2.61. The lowest BCUT2D eigenvalue weighted by Gasteiger charge is -2.37. The van der Waals surface area contributed by atoms with E-state index in [-0.39, 0.29) is 19.6 Å². The Balaban J connectivity index is 5.63. The van der Waals surface area contributed by atoms with E-state index in [4.69, 9.17) is 9.47 Å². The standard InChI is InChI=1S/C14H25NO4/c1-6-11-14(12(16)18-9-4,13(17)19-10-5)15(7-2)8-3/h6H,1,7-11H2,2-5H3. The molecule has 0 spiro atoms. The molecular weight excluding hydrogens is 246 g/mol. The van der Waals surface area contributed by atoms with Gasteiger partial charge in [-0.25, -0.2) is 9.59 Å². The van der Waals surface area contributed by atoms with E-state index >= 15 is 0 Å². The van der Waals surface area contributed by atoms with Crippen LogP contribution in [0.4, 0.5) is 0 Å². The first-order valence-corrected chi connectivity index (χ1v) is 6.75. The van der Waals surface area contributed by atoms with E-state index in [1.54, 1.807) is 24.8 Å². The van der Waals surface area contributed by atoms with Crippen molar-refractivity contribution in [2.75, 3.05) is 26.3 Å². The molecule has 0 radical (unpaired) electrons. The van der Waals surface area contributed by atoms with Crippen molar-refractivity contribution in [3.63, 3.8) is 0 Å². The van der Waals surface area contributed by atoms with Gasteiger partial charge in [-0.1, -0.05) is 19.9 Å². The molecule has 0 amide bonds. The van der Waals surface area contributed by atoms with Crippen LogP contribution in [-0.4, -0.2) is 48.7 Å². The predicted octanol–water partition coefficient (Wildman–Crippen LogP) is 1.77. The molecule has 0 saturated heterocycles. The van der Waals surface area contributed by atoms with Gasteiger partial charge < -0.3 is 9.47 Å². The minimum atomic E-state index is -1.42. The largest absolute Gasteiger partial charge is 0.464 e. The van der Waals surface area contributed by atoms with E-state index in [1.807, 2.05) is 13.8 Å². The van der Waals surface area contributed by atoms with Crippen LogP contribution in [0.3, 0.4) is 0 Å². The van der Waals surface area contributed by atoms with Gasteiger partial charge in [0.15, 0.2) is 0 Å². The molecule has 0 heterocycles. The zero-order chi connectivity index (χ0) is 14.9. The number of nitrogens with zero attached hydrogens (tertiary/aromatic N) is 1. The zero-order valence-corrected chi connectivity index (χ0v) is 12.4. The molecular formula is C14H25NO4. The van der Waals surface area contributed by atoms with Gasteiger partial charge in [-0.3, -0.25) is 4.90 Å². The maximum absolute atomic E-state index is 12.3. The topological polar surface area (TPSA) is 55.8 Å². The third-order valence-corrected chi connectivity index (χ3v) is 2.97. The summed E-state index contributed by atoms with van der Waals surface area (Å²) in [6.45, 7) is 12.4. The second-order valence-electron chi connectivity index (χ2n) is 3.97. The molecule has 5 heteroatoms. The Morgan fingerprint density at radius 2 is 1.47 bits per heavy atom. The zero-order valence-electron chi connectivity index (χ0n) is 12.4. The van der Waals surface area contributed by atoms with E-state index in [9.17, 15) is 9.59 Å². The maximum atomic E-state index is 12.3. The molecule has 0 aliphatic heterocycles. The van der Waals surface area contributed by atoms with Gasteiger partial charge in [0.2, 0.25) is 5.54 Å². The molecule has 110 valence electrons. The average Bonchev–Trinajstić information content (AvgIpc) is 2.39. The van der Waals surface area contributed by atoms with Crippen molar-refractivity contribution in [2.24, 2.45) is 0 Å². The first kappa shape index (κ1) is 17.6. The maximum Gasteiger partial charge on any atom is 0.338 e. The minimum Gasteiger partial charge on any atom is -0.464 e. The van der Waals surface area contributed by atoms with E-state index in [1.165, 1.54) is 0 Å². The van der Waals surface area contributed by atoms with Crippen molar-refractivity contribution in [1.82, 2.24) is 4.90 Å². The number of carbonyl (C=O) groups is 2. The van der Waals surface area contributed by atoms with Crippen LogP contribution in [-0.2, 0) is 19.1 Å². The molecule has 0 aromatic heterocycles. The van der Waals surface area contributed by atoms with Crippen molar-refractivity contribution >= 4 is 11.9 Å². The normalized spacial score (nSPS) is 11.2. The number of rotatable bonds is 9. The molecule has 0 aromatic carbocycles. The Kier molecular flexibility index (Phi) is 8.07. The second-order valence-corrected chi connectivity index (χ2v) is 3.97. The molecule has 0 aliphatic rings. The number of esters is 2. The lowest BCUT2D eigenvalue weighted by atomic mass is 9.92. The summed E-state index contributed by atoms with van der Waals surface area (Å²) in [5.74, 6) is -1.14. The van der Waals surface area contributed by atoms with Crippen LogP contribution in [0.5, 0.6) is 0 Å². The quantitative estimate of drug-likeness (QED) is 0.363. The van der Waals surface area contributed by atoms with Gasteiger partial charge in [-0.2, -0.15) is 0 Å². The van der Waals surface area contributed by atoms with Crippen LogP contribution in [0.1, 0.15) is 34.1 Å². The fourth-order valence-corrected chi connectivity index (χ4v) is 2.11.